The predicted octanol–water partition coefficient (Wildman–Crippen LogP) is 3.19. The van der Waals surface area contributed by atoms with Crippen LogP contribution >= 0.6 is 0 Å². The zero-order valence-electron chi connectivity index (χ0n) is 13.9. The Morgan fingerprint density at radius 3 is 2.36 bits per heavy atom. The van der Waals surface area contributed by atoms with E-state index in [4.69, 9.17) is 0 Å². The lowest BCUT2D eigenvalue weighted by Gasteiger charge is -2.11. The van der Waals surface area contributed by atoms with Crippen molar-refractivity contribution in [2.45, 2.75) is 53.1 Å². The number of carbonyl (C=O) groups excluding carboxylic acids is 2. The standard InChI is InChI=1S/C18H26N2O2/c1-5-7-13(3)17(21)19-12-15-8-10-16(11-9-15)18(22)20-14(4)6-2/h7-11,14H,5-6,12H2,1-4H3,(H,19,21)(H,20,22)/b13-7+. The second-order valence-electron chi connectivity index (χ2n) is 5.46. The minimum absolute atomic E-state index is 0.0551. The Balaban J connectivity index is 2.57. The highest BCUT2D eigenvalue weighted by Gasteiger charge is 2.08. The molecule has 1 rings (SSSR count). The zero-order chi connectivity index (χ0) is 16.5. The second kappa shape index (κ2) is 9.03. The molecule has 1 aromatic rings. The van der Waals surface area contributed by atoms with E-state index in [-0.39, 0.29) is 17.9 Å². The highest BCUT2D eigenvalue weighted by molar-refractivity contribution is 5.94. The maximum Gasteiger partial charge on any atom is 0.251 e. The third-order valence-corrected chi connectivity index (χ3v) is 3.53. The van der Waals surface area contributed by atoms with Crippen LogP contribution in [0.4, 0.5) is 0 Å². The summed E-state index contributed by atoms with van der Waals surface area (Å²) in [7, 11) is 0. The Labute approximate surface area is 133 Å². The van der Waals surface area contributed by atoms with Gasteiger partial charge in [-0.2, -0.15) is 0 Å². The lowest BCUT2D eigenvalue weighted by atomic mass is 10.1. The summed E-state index contributed by atoms with van der Waals surface area (Å²) in [5, 5.41) is 5.79. The summed E-state index contributed by atoms with van der Waals surface area (Å²) in [6.45, 7) is 8.28. The Morgan fingerprint density at radius 2 is 1.82 bits per heavy atom. The van der Waals surface area contributed by atoms with Gasteiger partial charge >= 0.3 is 0 Å². The van der Waals surface area contributed by atoms with E-state index in [0.29, 0.717) is 12.1 Å². The molecule has 0 radical (unpaired) electrons. The molecule has 1 unspecified atom stereocenters. The Bertz CT molecular complexity index is 533. The molecule has 2 N–H and O–H groups in total. The number of carbonyl (C=O) groups is 2. The number of nitrogens with one attached hydrogen (secondary N) is 2. The first-order valence-corrected chi connectivity index (χ1v) is 7.82. The van der Waals surface area contributed by atoms with Crippen LogP contribution < -0.4 is 10.6 Å². The topological polar surface area (TPSA) is 58.2 Å². The van der Waals surface area contributed by atoms with Crippen molar-refractivity contribution in [1.82, 2.24) is 10.6 Å². The molecule has 22 heavy (non-hydrogen) atoms. The summed E-state index contributed by atoms with van der Waals surface area (Å²) in [6, 6.07) is 7.47. The first-order chi connectivity index (χ1) is 10.5. The molecule has 0 heterocycles. The van der Waals surface area contributed by atoms with E-state index in [9.17, 15) is 9.59 Å². The van der Waals surface area contributed by atoms with Crippen molar-refractivity contribution < 1.29 is 9.59 Å². The SMILES string of the molecule is CC/C=C(\C)C(=O)NCc1ccc(C(=O)NC(C)CC)cc1. The first kappa shape index (κ1) is 18.0. The molecule has 4 heteroatoms. The van der Waals surface area contributed by atoms with Crippen molar-refractivity contribution in [2.75, 3.05) is 0 Å². The third-order valence-electron chi connectivity index (χ3n) is 3.53. The van der Waals surface area contributed by atoms with E-state index in [1.54, 1.807) is 19.1 Å². The van der Waals surface area contributed by atoms with Gasteiger partial charge in [0.15, 0.2) is 0 Å². The van der Waals surface area contributed by atoms with Crippen LogP contribution in [0.5, 0.6) is 0 Å². The Kier molecular flexibility index (Phi) is 7.37. The molecule has 2 amide bonds. The molecule has 0 aliphatic carbocycles. The van der Waals surface area contributed by atoms with Crippen LogP contribution in [-0.2, 0) is 11.3 Å². The van der Waals surface area contributed by atoms with Crippen molar-refractivity contribution in [3.8, 4) is 0 Å². The van der Waals surface area contributed by atoms with Crippen molar-refractivity contribution in [2.24, 2.45) is 0 Å². The minimum atomic E-state index is -0.0633. The molecule has 1 atom stereocenters. The van der Waals surface area contributed by atoms with Crippen molar-refractivity contribution in [1.29, 1.82) is 0 Å². The van der Waals surface area contributed by atoms with Gasteiger partial charge in [-0.1, -0.05) is 32.1 Å². The van der Waals surface area contributed by atoms with E-state index >= 15 is 0 Å². The zero-order valence-corrected chi connectivity index (χ0v) is 13.9. The fraction of sp³-hybridized carbons (Fsp3) is 0.444. The van der Waals surface area contributed by atoms with Crippen LogP contribution in [0, 0.1) is 0 Å². The van der Waals surface area contributed by atoms with Gasteiger partial charge < -0.3 is 10.6 Å². The van der Waals surface area contributed by atoms with Gasteiger partial charge in [0.05, 0.1) is 0 Å². The van der Waals surface area contributed by atoms with Gasteiger partial charge in [-0.3, -0.25) is 9.59 Å². The minimum Gasteiger partial charge on any atom is -0.350 e. The monoisotopic (exact) mass is 302 g/mol. The number of hydrogen-bond acceptors (Lipinski definition) is 2. The van der Waals surface area contributed by atoms with Crippen molar-refractivity contribution >= 4 is 11.8 Å². The van der Waals surface area contributed by atoms with E-state index in [0.717, 1.165) is 24.0 Å². The fourth-order valence-corrected chi connectivity index (χ4v) is 1.90. The van der Waals surface area contributed by atoms with Gasteiger partial charge in [0.1, 0.15) is 0 Å². The van der Waals surface area contributed by atoms with Crippen LogP contribution in [-0.4, -0.2) is 17.9 Å². The van der Waals surface area contributed by atoms with Crippen molar-refractivity contribution in [3.05, 3.63) is 47.0 Å². The molecular weight excluding hydrogens is 276 g/mol. The highest BCUT2D eigenvalue weighted by atomic mass is 16.2. The van der Waals surface area contributed by atoms with Crippen molar-refractivity contribution in [3.63, 3.8) is 0 Å². The number of rotatable bonds is 7. The van der Waals surface area contributed by atoms with Gasteiger partial charge in [0.2, 0.25) is 5.91 Å². The molecule has 0 bridgehead atoms. The van der Waals surface area contributed by atoms with Crippen LogP contribution in [0.25, 0.3) is 0 Å². The lowest BCUT2D eigenvalue weighted by molar-refractivity contribution is -0.117. The Morgan fingerprint density at radius 1 is 1.18 bits per heavy atom. The van der Waals surface area contributed by atoms with Gasteiger partial charge in [-0.25, -0.2) is 0 Å². The summed E-state index contributed by atoms with van der Waals surface area (Å²) in [4.78, 5) is 23.8. The molecule has 0 aliphatic rings. The van der Waals surface area contributed by atoms with E-state index in [1.807, 2.05) is 39.0 Å². The summed E-state index contributed by atoms with van der Waals surface area (Å²) in [6.07, 6.45) is 3.65. The van der Waals surface area contributed by atoms with Crippen LogP contribution in [0.1, 0.15) is 56.5 Å². The molecule has 0 saturated heterocycles. The van der Waals surface area contributed by atoms with Gasteiger partial charge in [-0.05, 0) is 44.4 Å². The molecule has 1 aromatic carbocycles. The van der Waals surface area contributed by atoms with Gasteiger partial charge in [0, 0.05) is 23.7 Å². The highest BCUT2D eigenvalue weighted by Crippen LogP contribution is 2.06. The summed E-state index contributed by atoms with van der Waals surface area (Å²) < 4.78 is 0. The smallest absolute Gasteiger partial charge is 0.251 e. The van der Waals surface area contributed by atoms with E-state index in [2.05, 4.69) is 10.6 Å². The number of benzene rings is 1. The number of allylic oxidation sites excluding steroid dienone is 1. The molecule has 0 saturated carbocycles. The largest absolute Gasteiger partial charge is 0.350 e. The summed E-state index contributed by atoms with van der Waals surface area (Å²) in [5.74, 6) is -0.118. The number of hydrogen-bond donors (Lipinski definition) is 2. The first-order valence-electron chi connectivity index (χ1n) is 7.82. The fourth-order valence-electron chi connectivity index (χ4n) is 1.90. The van der Waals surface area contributed by atoms with E-state index < -0.39 is 0 Å². The van der Waals surface area contributed by atoms with Crippen LogP contribution in [0.3, 0.4) is 0 Å². The molecule has 4 nitrogen and oxygen atoms in total. The molecule has 0 spiro atoms. The second-order valence-corrected chi connectivity index (χ2v) is 5.46. The molecule has 0 aromatic heterocycles. The maximum absolute atomic E-state index is 12.0. The summed E-state index contributed by atoms with van der Waals surface area (Å²) >= 11 is 0. The normalized spacial score (nSPS) is 12.6. The quantitative estimate of drug-likeness (QED) is 0.760. The average molecular weight is 302 g/mol. The molecule has 0 fully saturated rings. The van der Waals surface area contributed by atoms with Crippen LogP contribution in [0.15, 0.2) is 35.9 Å². The average Bonchev–Trinajstić information content (AvgIpc) is 2.53. The lowest BCUT2D eigenvalue weighted by Crippen LogP contribution is -2.31. The van der Waals surface area contributed by atoms with Crippen LogP contribution in [0.2, 0.25) is 0 Å². The molecular formula is C18H26N2O2. The van der Waals surface area contributed by atoms with E-state index in [1.165, 1.54) is 0 Å². The Hall–Kier alpha value is -2.10. The van der Waals surface area contributed by atoms with Gasteiger partial charge in [-0.15, -0.1) is 0 Å². The molecule has 0 aliphatic heterocycles. The number of amides is 2. The predicted molar refractivity (Wildman–Crippen MR) is 89.6 cm³/mol. The molecule has 120 valence electrons. The maximum atomic E-state index is 12.0. The summed E-state index contributed by atoms with van der Waals surface area (Å²) in [5.41, 5.74) is 2.34. The van der Waals surface area contributed by atoms with Gasteiger partial charge in [0.25, 0.3) is 5.91 Å². The third kappa shape index (κ3) is 5.72.